The molecule has 1 aliphatic carbocycles. The number of hydrogen-bond acceptors (Lipinski definition) is 3. The van der Waals surface area contributed by atoms with Crippen LogP contribution in [0.1, 0.15) is 41.5 Å². The molecular weight excluding hydrogens is 238 g/mol. The first kappa shape index (κ1) is 15.7. The van der Waals surface area contributed by atoms with E-state index in [1.165, 1.54) is 5.06 Å². The van der Waals surface area contributed by atoms with Gasteiger partial charge in [0.1, 0.15) is 0 Å². The van der Waals surface area contributed by atoms with Crippen molar-refractivity contribution in [3.05, 3.63) is 35.1 Å². The average Bonchev–Trinajstić information content (AvgIpc) is 2.30. The van der Waals surface area contributed by atoms with Crippen LogP contribution in [0.2, 0.25) is 0 Å². The molecule has 0 bridgehead atoms. The normalized spacial score (nSPS) is 16.1. The van der Waals surface area contributed by atoms with Crippen LogP contribution in [0.15, 0.2) is 35.1 Å². The van der Waals surface area contributed by atoms with Gasteiger partial charge in [-0.1, -0.05) is 27.7 Å². The maximum absolute atomic E-state index is 12.3. The largest absolute Gasteiger partial charge is 0.289 e. The van der Waals surface area contributed by atoms with Gasteiger partial charge in [-0.15, -0.1) is 0 Å². The monoisotopic (exact) mass is 263 g/mol. The summed E-state index contributed by atoms with van der Waals surface area (Å²) < 4.78 is 0. The summed E-state index contributed by atoms with van der Waals surface area (Å²) in [5.74, 6) is 0.505. The highest BCUT2D eigenvalue weighted by atomic mass is 16.5. The summed E-state index contributed by atoms with van der Waals surface area (Å²) in [6, 6.07) is 0.0110. The van der Waals surface area contributed by atoms with Crippen molar-refractivity contribution in [2.24, 2.45) is 11.8 Å². The van der Waals surface area contributed by atoms with Gasteiger partial charge in [-0.2, -0.15) is 0 Å². The lowest BCUT2D eigenvalue weighted by molar-refractivity contribution is -0.113. The summed E-state index contributed by atoms with van der Waals surface area (Å²) in [5.41, 5.74) is 2.51. The zero-order valence-electron chi connectivity index (χ0n) is 12.8. The van der Waals surface area contributed by atoms with Crippen molar-refractivity contribution in [1.29, 1.82) is 0 Å². The molecule has 0 spiro atoms. The van der Waals surface area contributed by atoms with Gasteiger partial charge in [0.05, 0.1) is 6.04 Å². The molecule has 0 saturated heterocycles. The highest BCUT2D eigenvalue weighted by molar-refractivity contribution is 6.10. The fourth-order valence-electron chi connectivity index (χ4n) is 1.93. The standard InChI is InChI=1S/C16H25NO2/c1-10(2)14-7-13(9-17(19)12(5)6)8-15(11(3)4)16(14)18/h7-12,19H,1-6H3. The molecule has 0 aliphatic heterocycles. The number of carbonyl (C=O) groups excluding carboxylic acids is 1. The van der Waals surface area contributed by atoms with E-state index in [2.05, 4.69) is 0 Å². The van der Waals surface area contributed by atoms with Gasteiger partial charge in [0.2, 0.25) is 0 Å². The maximum atomic E-state index is 12.3. The second-order valence-electron chi connectivity index (χ2n) is 5.94. The Bertz CT molecular complexity index is 410. The Balaban J connectivity index is 3.20. The number of rotatable bonds is 4. The van der Waals surface area contributed by atoms with Crippen LogP contribution in [0, 0.1) is 11.8 Å². The Morgan fingerprint density at radius 3 is 1.74 bits per heavy atom. The Labute approximate surface area is 116 Å². The van der Waals surface area contributed by atoms with Gasteiger partial charge in [-0.25, -0.2) is 0 Å². The van der Waals surface area contributed by atoms with E-state index in [1.54, 1.807) is 6.20 Å². The van der Waals surface area contributed by atoms with E-state index in [0.717, 1.165) is 16.7 Å². The fourth-order valence-corrected chi connectivity index (χ4v) is 1.93. The SMILES string of the molecule is CC(C)C1=CC(=CN(O)C(C)C)C=C(C(C)C)C1=O. The number of carbonyl (C=O) groups is 1. The summed E-state index contributed by atoms with van der Waals surface area (Å²) in [7, 11) is 0. The number of nitrogens with zero attached hydrogens (tertiary/aromatic N) is 1. The molecule has 0 amide bonds. The van der Waals surface area contributed by atoms with Gasteiger partial charge in [-0.3, -0.25) is 15.1 Å². The van der Waals surface area contributed by atoms with Crippen molar-refractivity contribution in [3.8, 4) is 0 Å². The van der Waals surface area contributed by atoms with Crippen LogP contribution in [0.4, 0.5) is 0 Å². The van der Waals surface area contributed by atoms with Crippen molar-refractivity contribution < 1.29 is 10.0 Å². The third kappa shape index (κ3) is 3.80. The molecule has 0 aromatic carbocycles. The minimum absolute atomic E-state index is 0.0110. The second kappa shape index (κ2) is 6.20. The molecular formula is C16H25NO2. The fraction of sp³-hybridized carbons (Fsp3) is 0.562. The average molecular weight is 263 g/mol. The molecule has 3 nitrogen and oxygen atoms in total. The predicted octanol–water partition coefficient (Wildman–Crippen LogP) is 3.72. The molecule has 0 fully saturated rings. The Hall–Kier alpha value is -1.35. The first-order chi connectivity index (χ1) is 8.73. The quantitative estimate of drug-likeness (QED) is 0.786. The van der Waals surface area contributed by atoms with Crippen LogP contribution in [0.3, 0.4) is 0 Å². The number of Topliss-reactive ketones (excluding diaryl/α,β-unsaturated/α-hetero) is 1. The van der Waals surface area contributed by atoms with E-state index >= 15 is 0 Å². The zero-order valence-corrected chi connectivity index (χ0v) is 12.8. The molecule has 106 valence electrons. The van der Waals surface area contributed by atoms with Crippen molar-refractivity contribution in [1.82, 2.24) is 5.06 Å². The Kier molecular flexibility index (Phi) is 5.12. The summed E-state index contributed by atoms with van der Waals surface area (Å²) in [4.78, 5) is 12.3. The lowest BCUT2D eigenvalue weighted by Crippen LogP contribution is -2.23. The number of hydrogen-bond donors (Lipinski definition) is 1. The van der Waals surface area contributed by atoms with Gasteiger partial charge in [0.25, 0.3) is 0 Å². The Morgan fingerprint density at radius 2 is 1.42 bits per heavy atom. The number of hydroxylamine groups is 2. The molecule has 0 saturated carbocycles. The van der Waals surface area contributed by atoms with Crippen LogP contribution in [0.25, 0.3) is 0 Å². The predicted molar refractivity (Wildman–Crippen MR) is 77.7 cm³/mol. The van der Waals surface area contributed by atoms with Crippen molar-refractivity contribution in [3.63, 3.8) is 0 Å². The minimum Gasteiger partial charge on any atom is -0.289 e. The lowest BCUT2D eigenvalue weighted by Gasteiger charge is -2.22. The maximum Gasteiger partial charge on any atom is 0.185 e. The van der Waals surface area contributed by atoms with E-state index < -0.39 is 0 Å². The summed E-state index contributed by atoms with van der Waals surface area (Å²) >= 11 is 0. The van der Waals surface area contributed by atoms with Crippen molar-refractivity contribution >= 4 is 5.78 Å². The molecule has 3 heteroatoms. The molecule has 1 rings (SSSR count). The van der Waals surface area contributed by atoms with Crippen LogP contribution in [-0.4, -0.2) is 22.1 Å². The van der Waals surface area contributed by atoms with Crippen molar-refractivity contribution in [2.45, 2.75) is 47.6 Å². The van der Waals surface area contributed by atoms with Crippen molar-refractivity contribution in [2.75, 3.05) is 0 Å². The molecule has 0 aromatic heterocycles. The summed E-state index contributed by atoms with van der Waals surface area (Å²) in [6.07, 6.45) is 5.44. The number of ketones is 1. The molecule has 19 heavy (non-hydrogen) atoms. The van der Waals surface area contributed by atoms with E-state index in [9.17, 15) is 10.0 Å². The highest BCUT2D eigenvalue weighted by Crippen LogP contribution is 2.28. The van der Waals surface area contributed by atoms with Gasteiger partial charge in [0, 0.05) is 17.3 Å². The van der Waals surface area contributed by atoms with Gasteiger partial charge in [-0.05, 0) is 43.4 Å². The molecule has 0 unspecified atom stereocenters. The zero-order chi connectivity index (χ0) is 14.7. The van der Waals surface area contributed by atoms with E-state index in [0.29, 0.717) is 0 Å². The third-order valence-corrected chi connectivity index (χ3v) is 3.22. The summed E-state index contributed by atoms with van der Waals surface area (Å²) in [5, 5.41) is 11.0. The number of allylic oxidation sites excluding steroid dienone is 5. The summed E-state index contributed by atoms with van der Waals surface area (Å²) in [6.45, 7) is 11.9. The van der Waals surface area contributed by atoms with Gasteiger partial charge >= 0.3 is 0 Å². The van der Waals surface area contributed by atoms with E-state index in [4.69, 9.17) is 0 Å². The topological polar surface area (TPSA) is 40.5 Å². The van der Waals surface area contributed by atoms with Gasteiger partial charge in [0.15, 0.2) is 5.78 Å². The molecule has 0 radical (unpaired) electrons. The van der Waals surface area contributed by atoms with Crippen LogP contribution >= 0.6 is 0 Å². The van der Waals surface area contributed by atoms with E-state index in [1.807, 2.05) is 53.7 Å². The smallest absolute Gasteiger partial charge is 0.185 e. The molecule has 1 N–H and O–H groups in total. The Morgan fingerprint density at radius 1 is 1.00 bits per heavy atom. The first-order valence-electron chi connectivity index (χ1n) is 6.91. The second-order valence-corrected chi connectivity index (χ2v) is 5.94. The van der Waals surface area contributed by atoms with Gasteiger partial charge < -0.3 is 0 Å². The molecule has 0 aromatic rings. The van der Waals surface area contributed by atoms with Crippen LogP contribution in [0.5, 0.6) is 0 Å². The highest BCUT2D eigenvalue weighted by Gasteiger charge is 2.24. The van der Waals surface area contributed by atoms with Crippen LogP contribution in [-0.2, 0) is 4.79 Å². The molecule has 0 atom stereocenters. The molecule has 1 aliphatic rings. The first-order valence-corrected chi connectivity index (χ1v) is 6.91. The van der Waals surface area contributed by atoms with Crippen LogP contribution < -0.4 is 0 Å². The van der Waals surface area contributed by atoms with E-state index in [-0.39, 0.29) is 23.7 Å². The minimum atomic E-state index is 0.0110. The lowest BCUT2D eigenvalue weighted by atomic mass is 9.83. The molecule has 0 heterocycles. The third-order valence-electron chi connectivity index (χ3n) is 3.22.